The van der Waals surface area contributed by atoms with Crippen LogP contribution in [0.3, 0.4) is 0 Å². The van der Waals surface area contributed by atoms with Crippen LogP contribution in [0.4, 0.5) is 21.9 Å². The van der Waals surface area contributed by atoms with Gasteiger partial charge in [0.15, 0.2) is 0 Å². The smallest absolute Gasteiger partial charge is 0.411 e. The Bertz CT molecular complexity index is 755. The topological polar surface area (TPSA) is 88.7 Å². The summed E-state index contributed by atoms with van der Waals surface area (Å²) in [6.07, 6.45) is -0.571. The number of ether oxygens (including phenoxy) is 2. The maximum Gasteiger partial charge on any atom is 0.411 e. The Balaban J connectivity index is 1.82. The molecule has 138 valence electrons. The highest BCUT2D eigenvalue weighted by molar-refractivity contribution is 6.30. The van der Waals surface area contributed by atoms with E-state index in [9.17, 15) is 9.59 Å². The lowest BCUT2D eigenvalue weighted by molar-refractivity contribution is -0.114. The van der Waals surface area contributed by atoms with E-state index < -0.39 is 6.09 Å². The summed E-state index contributed by atoms with van der Waals surface area (Å²) in [6.45, 7) is 0.564. The molecule has 0 saturated heterocycles. The van der Waals surface area contributed by atoms with Gasteiger partial charge in [-0.25, -0.2) is 4.79 Å². The minimum atomic E-state index is -0.571. The number of carbonyl (C=O) groups is 2. The minimum absolute atomic E-state index is 0.0637. The fraction of sp³-hybridized carbons (Fsp3) is 0.222. The summed E-state index contributed by atoms with van der Waals surface area (Å²) in [5, 5.41) is 8.88. The SMILES string of the molecule is COCCOC(=O)Nc1cccc(NCC(=O)Nc2cccc(Cl)c2)c1. The number of rotatable bonds is 8. The van der Waals surface area contributed by atoms with Crippen molar-refractivity contribution in [1.82, 2.24) is 0 Å². The quantitative estimate of drug-likeness (QED) is 0.612. The summed E-state index contributed by atoms with van der Waals surface area (Å²) >= 11 is 5.88. The number of anilines is 3. The zero-order chi connectivity index (χ0) is 18.8. The van der Waals surface area contributed by atoms with Crippen molar-refractivity contribution in [3.63, 3.8) is 0 Å². The van der Waals surface area contributed by atoms with Crippen LogP contribution in [0.1, 0.15) is 0 Å². The van der Waals surface area contributed by atoms with Crippen LogP contribution < -0.4 is 16.0 Å². The van der Waals surface area contributed by atoms with Crippen molar-refractivity contribution in [3.8, 4) is 0 Å². The molecule has 0 unspecified atom stereocenters. The molecule has 2 amide bonds. The van der Waals surface area contributed by atoms with Crippen LogP contribution >= 0.6 is 11.6 Å². The van der Waals surface area contributed by atoms with Crippen molar-refractivity contribution in [3.05, 3.63) is 53.6 Å². The summed E-state index contributed by atoms with van der Waals surface area (Å²) in [4.78, 5) is 23.6. The highest BCUT2D eigenvalue weighted by atomic mass is 35.5. The molecule has 0 radical (unpaired) electrons. The second-order valence-electron chi connectivity index (χ2n) is 5.25. The molecule has 0 fully saturated rings. The molecule has 7 nitrogen and oxygen atoms in total. The first-order valence-electron chi connectivity index (χ1n) is 7.89. The van der Waals surface area contributed by atoms with Gasteiger partial charge in [-0.05, 0) is 36.4 Å². The van der Waals surface area contributed by atoms with Gasteiger partial charge in [-0.1, -0.05) is 23.7 Å². The van der Waals surface area contributed by atoms with Crippen LogP contribution in [0.25, 0.3) is 0 Å². The Morgan fingerprint density at radius 3 is 2.38 bits per heavy atom. The molecular weight excluding hydrogens is 358 g/mol. The van der Waals surface area contributed by atoms with Gasteiger partial charge in [0.2, 0.25) is 5.91 Å². The summed E-state index contributed by atoms with van der Waals surface area (Å²) in [5.41, 5.74) is 1.85. The van der Waals surface area contributed by atoms with Gasteiger partial charge in [0, 0.05) is 29.2 Å². The number of hydrogen-bond acceptors (Lipinski definition) is 5. The van der Waals surface area contributed by atoms with Gasteiger partial charge in [0.25, 0.3) is 0 Å². The molecule has 0 aliphatic carbocycles. The third-order valence-corrected chi connectivity index (χ3v) is 3.43. The van der Waals surface area contributed by atoms with Gasteiger partial charge in [-0.15, -0.1) is 0 Å². The molecule has 8 heteroatoms. The van der Waals surface area contributed by atoms with E-state index in [-0.39, 0.29) is 19.1 Å². The molecule has 0 spiro atoms. The molecule has 26 heavy (non-hydrogen) atoms. The van der Waals surface area contributed by atoms with E-state index in [1.807, 2.05) is 0 Å². The number of hydrogen-bond donors (Lipinski definition) is 3. The van der Waals surface area contributed by atoms with Crippen LogP contribution in [0.15, 0.2) is 48.5 Å². The maximum absolute atomic E-state index is 12.0. The monoisotopic (exact) mass is 377 g/mol. The first kappa shape index (κ1) is 19.6. The van der Waals surface area contributed by atoms with Crippen LogP contribution in [0.5, 0.6) is 0 Å². The van der Waals surface area contributed by atoms with Crippen molar-refractivity contribution in [2.24, 2.45) is 0 Å². The predicted molar refractivity (Wildman–Crippen MR) is 102 cm³/mol. The first-order chi connectivity index (χ1) is 12.6. The average molecular weight is 378 g/mol. The Hall–Kier alpha value is -2.77. The van der Waals surface area contributed by atoms with Crippen LogP contribution in [0.2, 0.25) is 5.02 Å². The van der Waals surface area contributed by atoms with Crippen molar-refractivity contribution in [2.75, 3.05) is 42.8 Å². The molecule has 0 bridgehead atoms. The summed E-state index contributed by atoms with van der Waals surface area (Å²) in [7, 11) is 1.53. The van der Waals surface area contributed by atoms with Crippen molar-refractivity contribution in [2.45, 2.75) is 0 Å². The molecule has 3 N–H and O–H groups in total. The van der Waals surface area contributed by atoms with E-state index in [0.717, 1.165) is 0 Å². The molecule has 2 rings (SSSR count). The number of halogens is 1. The third kappa shape index (κ3) is 7.00. The number of carbonyl (C=O) groups excluding carboxylic acids is 2. The molecule has 0 heterocycles. The lowest BCUT2D eigenvalue weighted by atomic mass is 10.2. The second kappa shape index (κ2) is 10.3. The second-order valence-corrected chi connectivity index (χ2v) is 5.68. The predicted octanol–water partition coefficient (Wildman–Crippen LogP) is 3.59. The Morgan fingerprint density at radius 1 is 0.962 bits per heavy atom. The van der Waals surface area contributed by atoms with Crippen LogP contribution in [-0.4, -0.2) is 38.9 Å². The Labute approximate surface area is 156 Å². The fourth-order valence-corrected chi connectivity index (χ4v) is 2.22. The molecule has 0 aromatic heterocycles. The van der Waals surface area contributed by atoms with Gasteiger partial charge in [-0.2, -0.15) is 0 Å². The summed E-state index contributed by atoms with van der Waals surface area (Å²) < 4.78 is 9.73. The van der Waals surface area contributed by atoms with Crippen molar-refractivity contribution in [1.29, 1.82) is 0 Å². The normalized spacial score (nSPS) is 10.1. The van der Waals surface area contributed by atoms with E-state index >= 15 is 0 Å². The van der Waals surface area contributed by atoms with Crippen molar-refractivity contribution < 1.29 is 19.1 Å². The average Bonchev–Trinajstić information content (AvgIpc) is 2.60. The molecule has 2 aromatic rings. The molecule has 0 aliphatic heterocycles. The van der Waals surface area contributed by atoms with E-state index in [1.165, 1.54) is 7.11 Å². The van der Waals surface area contributed by atoms with Gasteiger partial charge in [-0.3, -0.25) is 10.1 Å². The number of methoxy groups -OCH3 is 1. The standard InChI is InChI=1S/C18H20ClN3O4/c1-25-8-9-26-18(24)22-16-7-3-5-14(11-16)20-12-17(23)21-15-6-2-4-13(19)10-15/h2-7,10-11,20H,8-9,12H2,1H3,(H,21,23)(H,22,24). The zero-order valence-corrected chi connectivity index (χ0v) is 15.0. The number of nitrogens with one attached hydrogen (secondary N) is 3. The van der Waals surface area contributed by atoms with E-state index in [1.54, 1.807) is 48.5 Å². The van der Waals surface area contributed by atoms with Gasteiger partial charge in [0.1, 0.15) is 6.61 Å². The van der Waals surface area contributed by atoms with Gasteiger partial charge < -0.3 is 20.1 Å². The van der Waals surface area contributed by atoms with Crippen molar-refractivity contribution >= 4 is 40.7 Å². The number of benzene rings is 2. The Morgan fingerprint density at radius 2 is 1.65 bits per heavy atom. The highest BCUT2D eigenvalue weighted by Crippen LogP contribution is 2.16. The Kier molecular flexibility index (Phi) is 7.73. The zero-order valence-electron chi connectivity index (χ0n) is 14.3. The lowest BCUT2D eigenvalue weighted by Gasteiger charge is -2.10. The van der Waals surface area contributed by atoms with Gasteiger partial charge in [0.05, 0.1) is 13.2 Å². The van der Waals surface area contributed by atoms with Crippen LogP contribution in [0, 0.1) is 0 Å². The van der Waals surface area contributed by atoms with E-state index in [4.69, 9.17) is 21.1 Å². The summed E-state index contributed by atoms with van der Waals surface area (Å²) in [5.74, 6) is -0.218. The first-order valence-corrected chi connectivity index (χ1v) is 8.26. The molecule has 0 aliphatic rings. The summed E-state index contributed by atoms with van der Waals surface area (Å²) in [6, 6.07) is 13.9. The van der Waals surface area contributed by atoms with Crippen LogP contribution in [-0.2, 0) is 14.3 Å². The highest BCUT2D eigenvalue weighted by Gasteiger charge is 2.06. The number of amides is 2. The lowest BCUT2D eigenvalue weighted by Crippen LogP contribution is -2.21. The fourth-order valence-electron chi connectivity index (χ4n) is 2.03. The van der Waals surface area contributed by atoms with E-state index in [2.05, 4.69) is 16.0 Å². The van der Waals surface area contributed by atoms with E-state index in [0.29, 0.717) is 28.7 Å². The molecular formula is C18H20ClN3O4. The molecule has 0 atom stereocenters. The van der Waals surface area contributed by atoms with Gasteiger partial charge >= 0.3 is 6.09 Å². The third-order valence-electron chi connectivity index (χ3n) is 3.19. The molecule has 0 saturated carbocycles. The largest absolute Gasteiger partial charge is 0.447 e. The minimum Gasteiger partial charge on any atom is -0.447 e. The maximum atomic E-state index is 12.0. The molecule has 2 aromatic carbocycles.